The quantitative estimate of drug-likeness (QED) is 0.564. The maximum atomic E-state index is 13.7. The van der Waals surface area contributed by atoms with E-state index >= 15 is 0 Å². The van der Waals surface area contributed by atoms with Gasteiger partial charge in [0.2, 0.25) is 0 Å². The summed E-state index contributed by atoms with van der Waals surface area (Å²) in [6, 6.07) is 10.0. The monoisotopic (exact) mass is 425 g/mol. The average molecular weight is 425 g/mol. The van der Waals surface area contributed by atoms with Gasteiger partial charge in [0.05, 0.1) is 19.7 Å². The van der Waals surface area contributed by atoms with Crippen LogP contribution in [0.5, 0.6) is 23.0 Å². The maximum Gasteiger partial charge on any atom is 0.162 e. The lowest BCUT2D eigenvalue weighted by atomic mass is 10.2. The van der Waals surface area contributed by atoms with Crippen LogP contribution in [0.2, 0.25) is 0 Å². The van der Waals surface area contributed by atoms with Crippen LogP contribution >= 0.6 is 22.6 Å². The van der Waals surface area contributed by atoms with Crippen molar-refractivity contribution in [3.05, 3.63) is 52.0 Å². The van der Waals surface area contributed by atoms with Crippen molar-refractivity contribution in [2.24, 2.45) is 0 Å². The molecule has 0 aliphatic rings. The van der Waals surface area contributed by atoms with Gasteiger partial charge in [0.1, 0.15) is 17.3 Å². The smallest absolute Gasteiger partial charge is 0.162 e. The lowest BCUT2D eigenvalue weighted by molar-refractivity contribution is 0.355. The summed E-state index contributed by atoms with van der Waals surface area (Å²) in [4.78, 5) is 4.31. The Bertz CT molecular complexity index is 870. The molecule has 1 heterocycles. The molecule has 3 aromatic rings. The van der Waals surface area contributed by atoms with Gasteiger partial charge in [-0.15, -0.1) is 0 Å². The molecule has 0 radical (unpaired) electrons. The van der Waals surface area contributed by atoms with Crippen molar-refractivity contribution in [3.63, 3.8) is 0 Å². The van der Waals surface area contributed by atoms with Gasteiger partial charge in [-0.3, -0.25) is 4.98 Å². The fourth-order valence-corrected chi connectivity index (χ4v) is 2.54. The SMILES string of the molecule is COc1cc2nccc(Oc3ccc(I)c(F)c3)c2cc1OC. The molecule has 0 atom stereocenters. The molecule has 0 fully saturated rings. The van der Waals surface area contributed by atoms with Gasteiger partial charge in [0, 0.05) is 27.3 Å². The molecule has 4 nitrogen and oxygen atoms in total. The van der Waals surface area contributed by atoms with Crippen LogP contribution < -0.4 is 14.2 Å². The second-order valence-corrected chi connectivity index (χ2v) is 5.87. The third-order valence-electron chi connectivity index (χ3n) is 3.33. The van der Waals surface area contributed by atoms with Gasteiger partial charge >= 0.3 is 0 Å². The van der Waals surface area contributed by atoms with Crippen molar-refractivity contribution in [1.29, 1.82) is 0 Å². The van der Waals surface area contributed by atoms with Gasteiger partial charge in [-0.2, -0.15) is 0 Å². The van der Waals surface area contributed by atoms with E-state index in [1.165, 1.54) is 6.07 Å². The molecule has 0 bridgehead atoms. The summed E-state index contributed by atoms with van der Waals surface area (Å²) >= 11 is 1.93. The van der Waals surface area contributed by atoms with E-state index in [2.05, 4.69) is 4.98 Å². The van der Waals surface area contributed by atoms with Crippen LogP contribution in [-0.2, 0) is 0 Å². The van der Waals surface area contributed by atoms with Crippen LogP contribution in [0.1, 0.15) is 0 Å². The van der Waals surface area contributed by atoms with Crippen LogP contribution in [0.4, 0.5) is 4.39 Å². The van der Waals surface area contributed by atoms with E-state index in [0.29, 0.717) is 32.1 Å². The summed E-state index contributed by atoms with van der Waals surface area (Å²) in [6.07, 6.45) is 1.63. The summed E-state index contributed by atoms with van der Waals surface area (Å²) in [5.41, 5.74) is 0.700. The van der Waals surface area contributed by atoms with Gasteiger partial charge in [-0.25, -0.2) is 4.39 Å². The molecule has 118 valence electrons. The molecule has 1 aromatic heterocycles. The molecule has 0 N–H and O–H groups in total. The first kappa shape index (κ1) is 15.8. The molecule has 23 heavy (non-hydrogen) atoms. The van der Waals surface area contributed by atoms with Crippen molar-refractivity contribution >= 4 is 33.5 Å². The maximum absolute atomic E-state index is 13.7. The summed E-state index contributed by atoms with van der Waals surface area (Å²) < 4.78 is 30.6. The zero-order chi connectivity index (χ0) is 16.4. The minimum Gasteiger partial charge on any atom is -0.493 e. The molecule has 6 heteroatoms. The molecule has 0 aliphatic carbocycles. The van der Waals surface area contributed by atoms with Crippen molar-refractivity contribution in [3.8, 4) is 23.0 Å². The van der Waals surface area contributed by atoms with E-state index < -0.39 is 0 Å². The Morgan fingerprint density at radius 1 is 0.957 bits per heavy atom. The average Bonchev–Trinajstić information content (AvgIpc) is 2.57. The van der Waals surface area contributed by atoms with Gasteiger partial charge in [0.25, 0.3) is 0 Å². The van der Waals surface area contributed by atoms with Crippen molar-refractivity contribution in [2.75, 3.05) is 14.2 Å². The second kappa shape index (κ2) is 6.57. The Morgan fingerprint density at radius 3 is 2.39 bits per heavy atom. The fraction of sp³-hybridized carbons (Fsp3) is 0.118. The van der Waals surface area contributed by atoms with E-state index in [1.54, 1.807) is 50.7 Å². The molecule has 0 saturated heterocycles. The number of hydrogen-bond acceptors (Lipinski definition) is 4. The summed E-state index contributed by atoms with van der Waals surface area (Å²) in [7, 11) is 3.13. The Labute approximate surface area is 146 Å². The van der Waals surface area contributed by atoms with E-state index in [-0.39, 0.29) is 5.82 Å². The predicted octanol–water partition coefficient (Wildman–Crippen LogP) is 4.79. The first-order valence-electron chi connectivity index (χ1n) is 6.76. The third kappa shape index (κ3) is 3.17. The Kier molecular flexibility index (Phi) is 4.51. The van der Waals surface area contributed by atoms with E-state index in [0.717, 1.165) is 5.39 Å². The minimum absolute atomic E-state index is 0.319. The Hall–Kier alpha value is -2.09. The summed E-state index contributed by atoms with van der Waals surface area (Å²) in [5.74, 6) is 1.83. The van der Waals surface area contributed by atoms with Crippen LogP contribution in [0, 0.1) is 9.39 Å². The zero-order valence-corrected chi connectivity index (χ0v) is 14.6. The third-order valence-corrected chi connectivity index (χ3v) is 4.20. The molecule has 0 spiro atoms. The van der Waals surface area contributed by atoms with Gasteiger partial charge < -0.3 is 14.2 Å². The molecule has 2 aromatic carbocycles. The number of halogens is 2. The highest BCUT2D eigenvalue weighted by Crippen LogP contribution is 2.37. The zero-order valence-electron chi connectivity index (χ0n) is 12.5. The number of hydrogen-bond donors (Lipinski definition) is 0. The van der Waals surface area contributed by atoms with Crippen LogP contribution in [0.15, 0.2) is 42.6 Å². The molecular formula is C17H13FINO3. The van der Waals surface area contributed by atoms with E-state index in [1.807, 2.05) is 22.6 Å². The van der Waals surface area contributed by atoms with Crippen molar-refractivity contribution in [2.45, 2.75) is 0 Å². The molecule has 0 aliphatic heterocycles. The van der Waals surface area contributed by atoms with Gasteiger partial charge in [-0.1, -0.05) is 0 Å². The van der Waals surface area contributed by atoms with Crippen LogP contribution in [-0.4, -0.2) is 19.2 Å². The molecular weight excluding hydrogens is 412 g/mol. The van der Waals surface area contributed by atoms with Crippen LogP contribution in [0.25, 0.3) is 10.9 Å². The molecule has 0 amide bonds. The van der Waals surface area contributed by atoms with Gasteiger partial charge in [0.15, 0.2) is 11.5 Å². The second-order valence-electron chi connectivity index (χ2n) is 4.71. The van der Waals surface area contributed by atoms with E-state index in [9.17, 15) is 4.39 Å². The number of benzene rings is 2. The number of fused-ring (bicyclic) bond motifs is 1. The minimum atomic E-state index is -0.319. The van der Waals surface area contributed by atoms with Gasteiger partial charge in [-0.05, 0) is 46.9 Å². The highest BCUT2D eigenvalue weighted by Gasteiger charge is 2.12. The number of aromatic nitrogens is 1. The highest BCUT2D eigenvalue weighted by molar-refractivity contribution is 14.1. The van der Waals surface area contributed by atoms with Crippen molar-refractivity contribution < 1.29 is 18.6 Å². The molecule has 0 saturated carbocycles. The lowest BCUT2D eigenvalue weighted by Gasteiger charge is -2.12. The topological polar surface area (TPSA) is 40.6 Å². The Balaban J connectivity index is 2.08. The van der Waals surface area contributed by atoms with Crippen LogP contribution in [0.3, 0.4) is 0 Å². The summed E-state index contributed by atoms with van der Waals surface area (Å²) in [6.45, 7) is 0. The predicted molar refractivity (Wildman–Crippen MR) is 94.0 cm³/mol. The number of rotatable bonds is 4. The first-order valence-corrected chi connectivity index (χ1v) is 7.84. The first-order chi connectivity index (χ1) is 11.1. The number of methoxy groups -OCH3 is 2. The standard InChI is InChI=1S/C17H13FINO3/c1-21-16-8-11-14(9-17(16)22-2)20-6-5-15(11)23-10-3-4-13(19)12(18)7-10/h3-9H,1-2H3. The number of ether oxygens (including phenoxy) is 3. The Morgan fingerprint density at radius 2 is 1.70 bits per heavy atom. The fourth-order valence-electron chi connectivity index (χ4n) is 2.20. The highest BCUT2D eigenvalue weighted by atomic mass is 127. The largest absolute Gasteiger partial charge is 0.493 e. The summed E-state index contributed by atoms with van der Waals surface area (Å²) in [5, 5.41) is 0.754. The van der Waals surface area contributed by atoms with Crippen molar-refractivity contribution in [1.82, 2.24) is 4.98 Å². The molecule has 0 unspecified atom stereocenters. The lowest BCUT2D eigenvalue weighted by Crippen LogP contribution is -1.93. The normalized spacial score (nSPS) is 10.6. The van der Waals surface area contributed by atoms with E-state index in [4.69, 9.17) is 14.2 Å². The molecule has 3 rings (SSSR count). The number of pyridine rings is 1. The number of nitrogens with zero attached hydrogens (tertiary/aromatic N) is 1.